The van der Waals surface area contributed by atoms with E-state index in [4.69, 9.17) is 0 Å². The van der Waals surface area contributed by atoms with E-state index in [1.807, 2.05) is 0 Å². The summed E-state index contributed by atoms with van der Waals surface area (Å²) < 4.78 is 0. The minimum absolute atomic E-state index is 0.0946. The Bertz CT molecular complexity index is 1130. The van der Waals surface area contributed by atoms with Gasteiger partial charge in [-0.2, -0.15) is 0 Å². The first-order valence-corrected chi connectivity index (χ1v) is 8.06. The number of allylic oxidation sites excluding steroid dienone is 2. The second-order valence-corrected chi connectivity index (χ2v) is 7.02. The summed E-state index contributed by atoms with van der Waals surface area (Å²) >= 11 is 0. The maximum absolute atomic E-state index is 3.63. The third-order valence-corrected chi connectivity index (χ3v) is 4.88. The lowest BCUT2D eigenvalue weighted by atomic mass is 9.93. The molecule has 0 radical (unpaired) electrons. The van der Waals surface area contributed by atoms with E-state index < -0.39 is 0 Å². The number of benzene rings is 2. The van der Waals surface area contributed by atoms with Crippen LogP contribution in [0.3, 0.4) is 0 Å². The molecule has 0 saturated heterocycles. The average molecular weight is 298 g/mol. The lowest BCUT2D eigenvalue weighted by Crippen LogP contribution is -2.00. The molecule has 5 rings (SSSR count). The Hall–Kier alpha value is -2.74. The predicted molar refractivity (Wildman–Crippen MR) is 99.5 cm³/mol. The van der Waals surface area contributed by atoms with Gasteiger partial charge in [-0.05, 0) is 12.1 Å². The molecule has 0 saturated carbocycles. The number of fused-ring (bicyclic) bond motifs is 7. The SMILES string of the molecule is CC1(C)C=Cc2[nH]c3c(ccc4c5ccccc5[nH]c43)c2C=C1. The van der Waals surface area contributed by atoms with Gasteiger partial charge in [0.15, 0.2) is 0 Å². The predicted octanol–water partition coefficient (Wildman–Crippen LogP) is 5.87. The molecule has 2 N–H and O–H groups in total. The van der Waals surface area contributed by atoms with Crippen molar-refractivity contribution in [2.45, 2.75) is 13.8 Å². The highest BCUT2D eigenvalue weighted by Crippen LogP contribution is 2.36. The summed E-state index contributed by atoms with van der Waals surface area (Å²) in [5, 5.41) is 3.83. The molecule has 0 unspecified atom stereocenters. The van der Waals surface area contributed by atoms with Crippen molar-refractivity contribution in [1.29, 1.82) is 0 Å². The van der Waals surface area contributed by atoms with Gasteiger partial charge in [-0.3, -0.25) is 0 Å². The van der Waals surface area contributed by atoms with Crippen molar-refractivity contribution in [2.75, 3.05) is 0 Å². The molecule has 2 nitrogen and oxygen atoms in total. The first-order valence-electron chi connectivity index (χ1n) is 8.06. The fraction of sp³-hybridized carbons (Fsp3) is 0.143. The summed E-state index contributed by atoms with van der Waals surface area (Å²) in [6.07, 6.45) is 9.00. The fourth-order valence-corrected chi connectivity index (χ4v) is 3.58. The summed E-state index contributed by atoms with van der Waals surface area (Å²) in [5.41, 5.74) is 6.13. The zero-order chi connectivity index (χ0) is 15.6. The van der Waals surface area contributed by atoms with Crippen molar-refractivity contribution in [2.24, 2.45) is 5.41 Å². The molecule has 0 amide bonds. The van der Waals surface area contributed by atoms with Crippen molar-refractivity contribution >= 4 is 44.9 Å². The molecule has 0 spiro atoms. The highest BCUT2D eigenvalue weighted by atomic mass is 14.8. The fourth-order valence-electron chi connectivity index (χ4n) is 3.58. The highest BCUT2D eigenvalue weighted by Gasteiger charge is 2.17. The van der Waals surface area contributed by atoms with Crippen LogP contribution in [-0.4, -0.2) is 9.97 Å². The molecule has 0 aliphatic heterocycles. The minimum Gasteiger partial charge on any atom is -0.353 e. The summed E-state index contributed by atoms with van der Waals surface area (Å²) in [6.45, 7) is 4.45. The van der Waals surface area contributed by atoms with E-state index in [1.165, 1.54) is 44.0 Å². The Kier molecular flexibility index (Phi) is 2.31. The van der Waals surface area contributed by atoms with Crippen LogP contribution >= 0.6 is 0 Å². The largest absolute Gasteiger partial charge is 0.353 e. The first kappa shape index (κ1) is 12.8. The smallest absolute Gasteiger partial charge is 0.0710 e. The molecule has 2 heteroatoms. The molecule has 112 valence electrons. The molecule has 1 aliphatic carbocycles. The van der Waals surface area contributed by atoms with Crippen LogP contribution < -0.4 is 0 Å². The summed E-state index contributed by atoms with van der Waals surface area (Å²) in [7, 11) is 0. The Morgan fingerprint density at radius 1 is 0.739 bits per heavy atom. The van der Waals surface area contributed by atoms with Gasteiger partial charge < -0.3 is 9.97 Å². The van der Waals surface area contributed by atoms with E-state index in [2.05, 4.69) is 84.5 Å². The zero-order valence-electron chi connectivity index (χ0n) is 13.3. The van der Waals surface area contributed by atoms with Gasteiger partial charge in [0.05, 0.1) is 11.0 Å². The van der Waals surface area contributed by atoms with E-state index in [9.17, 15) is 0 Å². The monoisotopic (exact) mass is 298 g/mol. The van der Waals surface area contributed by atoms with Crippen LogP contribution in [-0.2, 0) is 0 Å². The van der Waals surface area contributed by atoms with E-state index in [1.54, 1.807) is 0 Å². The molecule has 1 aliphatic rings. The quantitative estimate of drug-likeness (QED) is 0.407. The maximum Gasteiger partial charge on any atom is 0.0710 e. The molecular weight excluding hydrogens is 280 g/mol. The third-order valence-electron chi connectivity index (χ3n) is 4.88. The van der Waals surface area contributed by atoms with Crippen LogP contribution in [0.5, 0.6) is 0 Å². The Morgan fingerprint density at radius 2 is 1.48 bits per heavy atom. The van der Waals surface area contributed by atoms with Crippen molar-refractivity contribution in [3.05, 3.63) is 59.8 Å². The van der Waals surface area contributed by atoms with Crippen LogP contribution in [0, 0.1) is 5.41 Å². The molecule has 0 atom stereocenters. The van der Waals surface area contributed by atoms with Crippen molar-refractivity contribution in [1.82, 2.24) is 9.97 Å². The summed E-state index contributed by atoms with van der Waals surface area (Å²) in [4.78, 5) is 7.21. The van der Waals surface area contributed by atoms with Gasteiger partial charge in [-0.25, -0.2) is 0 Å². The van der Waals surface area contributed by atoms with Crippen molar-refractivity contribution in [3.63, 3.8) is 0 Å². The van der Waals surface area contributed by atoms with Gasteiger partial charge in [0.1, 0.15) is 0 Å². The molecule has 23 heavy (non-hydrogen) atoms. The second-order valence-electron chi connectivity index (χ2n) is 7.02. The number of para-hydroxylation sites is 1. The highest BCUT2D eigenvalue weighted by molar-refractivity contribution is 6.17. The molecule has 2 heterocycles. The van der Waals surface area contributed by atoms with Crippen LogP contribution in [0.1, 0.15) is 25.1 Å². The summed E-state index contributed by atoms with van der Waals surface area (Å²) in [6, 6.07) is 13.0. The molecule has 2 aromatic heterocycles. The Labute approximate surface area is 134 Å². The minimum atomic E-state index is 0.0946. The number of rotatable bonds is 0. The number of aromatic nitrogens is 2. The third kappa shape index (κ3) is 1.75. The number of hydrogen-bond acceptors (Lipinski definition) is 0. The Morgan fingerprint density at radius 3 is 2.39 bits per heavy atom. The first-order chi connectivity index (χ1) is 11.1. The molecule has 0 fully saturated rings. The van der Waals surface area contributed by atoms with Gasteiger partial charge in [-0.15, -0.1) is 0 Å². The van der Waals surface area contributed by atoms with Crippen molar-refractivity contribution in [3.8, 4) is 0 Å². The van der Waals surface area contributed by atoms with Gasteiger partial charge in [-0.1, -0.05) is 62.4 Å². The van der Waals surface area contributed by atoms with E-state index in [0.29, 0.717) is 0 Å². The molecule has 4 aromatic rings. The standard InChI is InChI=1S/C21H18N2/c1-21(2)11-9-14-16-8-7-15-13-5-3-4-6-17(13)22-19(15)20(16)23-18(14)10-12-21/h3-12,22-23H,1-2H3. The average Bonchev–Trinajstić information content (AvgIpc) is 3.05. The lowest BCUT2D eigenvalue weighted by Gasteiger charge is -2.12. The van der Waals surface area contributed by atoms with Gasteiger partial charge in [0.2, 0.25) is 0 Å². The lowest BCUT2D eigenvalue weighted by molar-refractivity contribution is 0.633. The zero-order valence-corrected chi connectivity index (χ0v) is 13.3. The van der Waals surface area contributed by atoms with Gasteiger partial charge >= 0.3 is 0 Å². The molecule has 0 bridgehead atoms. The van der Waals surface area contributed by atoms with Crippen LogP contribution in [0.15, 0.2) is 48.6 Å². The number of aromatic amines is 2. The summed E-state index contributed by atoms with van der Waals surface area (Å²) in [5.74, 6) is 0. The number of nitrogens with one attached hydrogen (secondary N) is 2. The van der Waals surface area contributed by atoms with Crippen LogP contribution in [0.2, 0.25) is 0 Å². The molecule has 2 aromatic carbocycles. The second kappa shape index (κ2) is 4.17. The van der Waals surface area contributed by atoms with E-state index in [-0.39, 0.29) is 5.41 Å². The Balaban J connectivity index is 1.90. The van der Waals surface area contributed by atoms with Gasteiger partial charge in [0.25, 0.3) is 0 Å². The van der Waals surface area contributed by atoms with E-state index >= 15 is 0 Å². The normalized spacial score (nSPS) is 16.3. The van der Waals surface area contributed by atoms with Crippen LogP contribution in [0.25, 0.3) is 44.9 Å². The van der Waals surface area contributed by atoms with E-state index in [0.717, 1.165) is 0 Å². The van der Waals surface area contributed by atoms with Crippen LogP contribution in [0.4, 0.5) is 0 Å². The van der Waals surface area contributed by atoms with Gasteiger partial charge in [0, 0.05) is 38.3 Å². The van der Waals surface area contributed by atoms with Crippen molar-refractivity contribution < 1.29 is 0 Å². The number of hydrogen-bond donors (Lipinski definition) is 2. The maximum atomic E-state index is 3.63. The number of H-pyrrole nitrogens is 2. The topological polar surface area (TPSA) is 31.6 Å². The molecular formula is C21H18N2.